The number of H-pyrrole nitrogens is 1. The van der Waals surface area contributed by atoms with Crippen molar-refractivity contribution in [1.82, 2.24) is 14.8 Å². The Labute approximate surface area is 92.8 Å². The lowest BCUT2D eigenvalue weighted by Gasteiger charge is -2.05. The van der Waals surface area contributed by atoms with Crippen LogP contribution in [0.15, 0.2) is 0 Å². The standard InChI is InChI=1S/C8H15N3O3S/c1-13-4-5-14-3-2-11-7(6-12)9-10-8(11)15/h12H,2-6H2,1H3,(H,10,15). The summed E-state index contributed by atoms with van der Waals surface area (Å²) < 4.78 is 12.3. The molecule has 0 spiro atoms. The van der Waals surface area contributed by atoms with Gasteiger partial charge in [0, 0.05) is 7.11 Å². The van der Waals surface area contributed by atoms with E-state index in [1.807, 2.05) is 0 Å². The molecule has 1 heterocycles. The van der Waals surface area contributed by atoms with Crippen LogP contribution in [-0.2, 0) is 22.6 Å². The molecule has 0 aliphatic carbocycles. The van der Waals surface area contributed by atoms with Crippen molar-refractivity contribution in [1.29, 1.82) is 0 Å². The predicted molar refractivity (Wildman–Crippen MR) is 56.0 cm³/mol. The number of aliphatic hydroxyl groups is 1. The Morgan fingerprint density at radius 1 is 1.47 bits per heavy atom. The second-order valence-corrected chi connectivity index (χ2v) is 3.25. The number of methoxy groups -OCH3 is 1. The van der Waals surface area contributed by atoms with Crippen molar-refractivity contribution in [3.8, 4) is 0 Å². The molecule has 6 nitrogen and oxygen atoms in total. The van der Waals surface area contributed by atoms with E-state index in [1.54, 1.807) is 11.7 Å². The number of aliphatic hydroxyl groups excluding tert-OH is 1. The SMILES string of the molecule is COCCOCCn1c(CO)n[nH]c1=S. The van der Waals surface area contributed by atoms with Gasteiger partial charge in [0.1, 0.15) is 6.61 Å². The molecule has 0 saturated heterocycles. The molecule has 7 heteroatoms. The third kappa shape index (κ3) is 3.71. The van der Waals surface area contributed by atoms with E-state index in [4.69, 9.17) is 26.8 Å². The minimum atomic E-state index is -0.134. The molecular formula is C8H15N3O3S. The first kappa shape index (κ1) is 12.3. The van der Waals surface area contributed by atoms with Crippen molar-refractivity contribution in [2.24, 2.45) is 0 Å². The fourth-order valence-electron chi connectivity index (χ4n) is 1.10. The highest BCUT2D eigenvalue weighted by molar-refractivity contribution is 7.71. The normalized spacial score (nSPS) is 10.8. The highest BCUT2D eigenvalue weighted by Crippen LogP contribution is 1.97. The molecular weight excluding hydrogens is 218 g/mol. The molecule has 0 aromatic carbocycles. The monoisotopic (exact) mass is 233 g/mol. The van der Waals surface area contributed by atoms with Gasteiger partial charge in [-0.15, -0.1) is 0 Å². The maximum Gasteiger partial charge on any atom is 0.195 e. The van der Waals surface area contributed by atoms with E-state index < -0.39 is 0 Å². The molecule has 0 saturated carbocycles. The number of nitrogens with zero attached hydrogens (tertiary/aromatic N) is 2. The van der Waals surface area contributed by atoms with Gasteiger partial charge >= 0.3 is 0 Å². The number of hydrogen-bond donors (Lipinski definition) is 2. The zero-order valence-corrected chi connectivity index (χ0v) is 9.42. The van der Waals surface area contributed by atoms with Crippen molar-refractivity contribution >= 4 is 12.2 Å². The van der Waals surface area contributed by atoms with Crippen molar-refractivity contribution in [3.63, 3.8) is 0 Å². The second kappa shape index (κ2) is 6.67. The Balaban J connectivity index is 2.36. The van der Waals surface area contributed by atoms with Crippen molar-refractivity contribution < 1.29 is 14.6 Å². The summed E-state index contributed by atoms with van der Waals surface area (Å²) in [5, 5.41) is 15.4. The van der Waals surface area contributed by atoms with E-state index in [2.05, 4.69) is 10.2 Å². The topological polar surface area (TPSA) is 72.3 Å². The van der Waals surface area contributed by atoms with Gasteiger partial charge in [0.25, 0.3) is 0 Å². The Morgan fingerprint density at radius 2 is 2.27 bits per heavy atom. The van der Waals surface area contributed by atoms with Crippen LogP contribution in [-0.4, -0.2) is 46.8 Å². The molecule has 1 rings (SSSR count). The van der Waals surface area contributed by atoms with Crippen LogP contribution in [0.4, 0.5) is 0 Å². The zero-order chi connectivity index (χ0) is 11.1. The van der Waals surface area contributed by atoms with Crippen LogP contribution < -0.4 is 0 Å². The van der Waals surface area contributed by atoms with Crippen LogP contribution in [0.2, 0.25) is 0 Å². The first-order valence-electron chi connectivity index (χ1n) is 4.61. The zero-order valence-electron chi connectivity index (χ0n) is 8.60. The number of ether oxygens (including phenoxy) is 2. The van der Waals surface area contributed by atoms with E-state index >= 15 is 0 Å². The molecule has 1 aromatic rings. The molecule has 86 valence electrons. The molecule has 0 unspecified atom stereocenters. The van der Waals surface area contributed by atoms with E-state index in [1.165, 1.54) is 0 Å². The van der Waals surface area contributed by atoms with E-state index in [-0.39, 0.29) is 6.61 Å². The lowest BCUT2D eigenvalue weighted by atomic mass is 10.6. The Bertz CT molecular complexity index is 336. The maximum atomic E-state index is 8.96. The fourth-order valence-corrected chi connectivity index (χ4v) is 1.34. The molecule has 0 aliphatic rings. The summed E-state index contributed by atoms with van der Waals surface area (Å²) in [6.45, 7) is 2.09. The molecule has 0 amide bonds. The Kier molecular flexibility index (Phi) is 5.48. The second-order valence-electron chi connectivity index (χ2n) is 2.86. The molecule has 15 heavy (non-hydrogen) atoms. The van der Waals surface area contributed by atoms with Crippen LogP contribution in [0.25, 0.3) is 0 Å². The van der Waals surface area contributed by atoms with E-state index in [9.17, 15) is 0 Å². The van der Waals surface area contributed by atoms with Crippen molar-refractivity contribution in [3.05, 3.63) is 10.6 Å². The largest absolute Gasteiger partial charge is 0.388 e. The quantitative estimate of drug-likeness (QED) is 0.516. The summed E-state index contributed by atoms with van der Waals surface area (Å²) in [5.74, 6) is 0.523. The van der Waals surface area contributed by atoms with Gasteiger partial charge in [-0.2, -0.15) is 5.10 Å². The minimum absolute atomic E-state index is 0.134. The summed E-state index contributed by atoms with van der Waals surface area (Å²) >= 11 is 4.99. The smallest absolute Gasteiger partial charge is 0.195 e. The highest BCUT2D eigenvalue weighted by Gasteiger charge is 2.03. The number of aromatic amines is 1. The van der Waals surface area contributed by atoms with Gasteiger partial charge < -0.3 is 14.6 Å². The van der Waals surface area contributed by atoms with Crippen molar-refractivity contribution in [2.45, 2.75) is 13.2 Å². The average Bonchev–Trinajstić information content (AvgIpc) is 2.60. The van der Waals surface area contributed by atoms with Gasteiger partial charge in [-0.3, -0.25) is 9.67 Å². The summed E-state index contributed by atoms with van der Waals surface area (Å²) in [6, 6.07) is 0. The number of hydrogen-bond acceptors (Lipinski definition) is 5. The predicted octanol–water partition coefficient (Wildman–Crippen LogP) is 0.0960. The lowest BCUT2D eigenvalue weighted by Crippen LogP contribution is -2.11. The summed E-state index contributed by atoms with van der Waals surface area (Å²) in [4.78, 5) is 0. The van der Waals surface area contributed by atoms with Gasteiger partial charge in [-0.05, 0) is 12.2 Å². The molecule has 0 fully saturated rings. The molecule has 0 aliphatic heterocycles. The first-order valence-corrected chi connectivity index (χ1v) is 5.02. The van der Waals surface area contributed by atoms with Crippen LogP contribution in [0.1, 0.15) is 5.82 Å². The number of aromatic nitrogens is 3. The Hall–Kier alpha value is -0.760. The summed E-state index contributed by atoms with van der Waals surface area (Å²) in [6.07, 6.45) is 0. The minimum Gasteiger partial charge on any atom is -0.388 e. The first-order chi connectivity index (χ1) is 7.29. The number of nitrogens with one attached hydrogen (secondary N) is 1. The lowest BCUT2D eigenvalue weighted by molar-refractivity contribution is 0.0657. The number of rotatable bonds is 7. The summed E-state index contributed by atoms with van der Waals surface area (Å²) in [5.41, 5.74) is 0. The van der Waals surface area contributed by atoms with Gasteiger partial charge in [-0.1, -0.05) is 0 Å². The van der Waals surface area contributed by atoms with Gasteiger partial charge in [0.15, 0.2) is 10.6 Å². The Morgan fingerprint density at radius 3 is 2.93 bits per heavy atom. The molecule has 0 bridgehead atoms. The van der Waals surface area contributed by atoms with Crippen molar-refractivity contribution in [2.75, 3.05) is 26.9 Å². The maximum absolute atomic E-state index is 8.96. The summed E-state index contributed by atoms with van der Waals surface area (Å²) in [7, 11) is 1.62. The molecule has 1 aromatic heterocycles. The van der Waals surface area contributed by atoms with Crippen LogP contribution in [0.5, 0.6) is 0 Å². The fraction of sp³-hybridized carbons (Fsp3) is 0.750. The van der Waals surface area contributed by atoms with Crippen LogP contribution in [0.3, 0.4) is 0 Å². The molecule has 0 atom stereocenters. The molecule has 2 N–H and O–H groups in total. The third-order valence-electron chi connectivity index (χ3n) is 1.87. The molecule has 0 radical (unpaired) electrons. The highest BCUT2D eigenvalue weighted by atomic mass is 32.1. The van der Waals surface area contributed by atoms with E-state index in [0.717, 1.165) is 0 Å². The van der Waals surface area contributed by atoms with E-state index in [0.29, 0.717) is 37.0 Å². The van der Waals surface area contributed by atoms with Gasteiger partial charge in [0.2, 0.25) is 0 Å². The van der Waals surface area contributed by atoms with Crippen LogP contribution >= 0.6 is 12.2 Å². The van der Waals surface area contributed by atoms with Gasteiger partial charge in [0.05, 0.1) is 26.4 Å². The van der Waals surface area contributed by atoms with Crippen LogP contribution in [0, 0.1) is 4.77 Å². The average molecular weight is 233 g/mol. The van der Waals surface area contributed by atoms with Gasteiger partial charge in [-0.25, -0.2) is 0 Å². The third-order valence-corrected chi connectivity index (χ3v) is 2.18.